The molecular weight excluding hydrogens is 192 g/mol. The number of hydrogen-bond donors (Lipinski definition) is 1. The number of imidazole rings is 1. The molecule has 0 saturated heterocycles. The van der Waals surface area contributed by atoms with E-state index in [0.717, 1.165) is 31.5 Å². The molecule has 1 fully saturated rings. The number of nitrogens with two attached hydrogens (primary N) is 1. The lowest BCUT2D eigenvalue weighted by Gasteiger charge is -2.27. The summed E-state index contributed by atoms with van der Waals surface area (Å²) in [6, 6.07) is 0.757. The molecule has 80 valence electrons. The molecular formula is C10H14N4O. The van der Waals surface area contributed by atoms with E-state index < -0.39 is 5.91 Å². The summed E-state index contributed by atoms with van der Waals surface area (Å²) < 4.78 is 2.04. The van der Waals surface area contributed by atoms with Crippen LogP contribution in [0.4, 0.5) is 0 Å². The van der Waals surface area contributed by atoms with Crippen molar-refractivity contribution in [1.82, 2.24) is 14.5 Å². The van der Waals surface area contributed by atoms with E-state index in [4.69, 9.17) is 5.73 Å². The minimum Gasteiger partial charge on any atom is -0.364 e. The van der Waals surface area contributed by atoms with E-state index in [0.29, 0.717) is 5.69 Å². The van der Waals surface area contributed by atoms with Gasteiger partial charge in [0.2, 0.25) is 0 Å². The Morgan fingerprint density at radius 1 is 1.47 bits per heavy atom. The number of carbonyl (C=O) groups is 1. The van der Waals surface area contributed by atoms with E-state index in [1.165, 1.54) is 12.8 Å². The Bertz CT molecular complexity index is 408. The van der Waals surface area contributed by atoms with Gasteiger partial charge in [0.1, 0.15) is 11.5 Å². The third kappa shape index (κ3) is 1.52. The Morgan fingerprint density at radius 3 is 2.93 bits per heavy atom. The van der Waals surface area contributed by atoms with Crippen LogP contribution in [0, 0.1) is 0 Å². The average molecular weight is 206 g/mol. The van der Waals surface area contributed by atoms with Gasteiger partial charge in [-0.3, -0.25) is 9.69 Å². The van der Waals surface area contributed by atoms with Crippen molar-refractivity contribution < 1.29 is 4.79 Å². The standard InChI is InChI=1S/C10H14N4O/c11-10(15)8-5-14-4-3-13(7-1-2-7)6-9(14)12-8/h5,7H,1-4,6H2,(H2,11,15). The molecule has 1 aliphatic heterocycles. The van der Waals surface area contributed by atoms with Gasteiger partial charge in [0.05, 0.1) is 6.54 Å². The maximum Gasteiger partial charge on any atom is 0.268 e. The fourth-order valence-electron chi connectivity index (χ4n) is 2.14. The Kier molecular flexibility index (Phi) is 1.82. The molecule has 0 radical (unpaired) electrons. The van der Waals surface area contributed by atoms with Gasteiger partial charge in [0.15, 0.2) is 0 Å². The quantitative estimate of drug-likeness (QED) is 0.738. The van der Waals surface area contributed by atoms with Crippen molar-refractivity contribution in [3.05, 3.63) is 17.7 Å². The predicted octanol–water partition coefficient (Wildman–Crippen LogP) is -0.0400. The summed E-state index contributed by atoms with van der Waals surface area (Å²) in [4.78, 5) is 17.7. The summed E-state index contributed by atoms with van der Waals surface area (Å²) >= 11 is 0. The predicted molar refractivity (Wildman–Crippen MR) is 54.2 cm³/mol. The number of carbonyl (C=O) groups excluding carboxylic acids is 1. The van der Waals surface area contributed by atoms with Crippen LogP contribution in [0.5, 0.6) is 0 Å². The summed E-state index contributed by atoms with van der Waals surface area (Å²) in [5.74, 6) is 0.539. The fourth-order valence-corrected chi connectivity index (χ4v) is 2.14. The van der Waals surface area contributed by atoms with E-state index in [9.17, 15) is 4.79 Å². The third-order valence-corrected chi connectivity index (χ3v) is 3.15. The highest BCUT2D eigenvalue weighted by atomic mass is 16.1. The van der Waals surface area contributed by atoms with E-state index >= 15 is 0 Å². The fraction of sp³-hybridized carbons (Fsp3) is 0.600. The zero-order chi connectivity index (χ0) is 10.4. The molecule has 15 heavy (non-hydrogen) atoms. The van der Waals surface area contributed by atoms with E-state index in [2.05, 4.69) is 9.88 Å². The monoisotopic (exact) mass is 206 g/mol. The lowest BCUT2D eigenvalue weighted by Crippen LogP contribution is -2.35. The summed E-state index contributed by atoms with van der Waals surface area (Å²) in [5.41, 5.74) is 5.60. The van der Waals surface area contributed by atoms with Gasteiger partial charge in [0, 0.05) is 25.3 Å². The normalized spacial score (nSPS) is 21.3. The first-order valence-electron chi connectivity index (χ1n) is 5.34. The molecule has 0 bridgehead atoms. The molecule has 1 amide bonds. The summed E-state index contributed by atoms with van der Waals surface area (Å²) in [5, 5.41) is 0. The molecule has 0 aromatic carbocycles. The summed E-state index contributed by atoms with van der Waals surface area (Å²) in [6.45, 7) is 2.84. The second kappa shape index (κ2) is 3.06. The maximum atomic E-state index is 11.0. The second-order valence-electron chi connectivity index (χ2n) is 4.30. The van der Waals surface area contributed by atoms with Crippen LogP contribution in [0.15, 0.2) is 6.20 Å². The summed E-state index contributed by atoms with van der Waals surface area (Å²) in [7, 11) is 0. The number of rotatable bonds is 2. The number of nitrogens with zero attached hydrogens (tertiary/aromatic N) is 3. The number of aromatic nitrogens is 2. The van der Waals surface area contributed by atoms with Gasteiger partial charge in [-0.05, 0) is 12.8 Å². The van der Waals surface area contributed by atoms with Crippen molar-refractivity contribution in [2.45, 2.75) is 32.0 Å². The number of primary amides is 1. The molecule has 0 spiro atoms. The SMILES string of the molecule is NC(=O)c1cn2c(n1)CN(C1CC1)CC2. The third-order valence-electron chi connectivity index (χ3n) is 3.15. The molecule has 1 aromatic rings. The van der Waals surface area contributed by atoms with Crippen LogP contribution < -0.4 is 5.73 Å². The molecule has 1 saturated carbocycles. The largest absolute Gasteiger partial charge is 0.364 e. The lowest BCUT2D eigenvalue weighted by molar-refractivity contribution is 0.0996. The van der Waals surface area contributed by atoms with Crippen LogP contribution in [-0.4, -0.2) is 32.9 Å². The molecule has 0 atom stereocenters. The van der Waals surface area contributed by atoms with E-state index in [-0.39, 0.29) is 0 Å². The van der Waals surface area contributed by atoms with Gasteiger partial charge >= 0.3 is 0 Å². The van der Waals surface area contributed by atoms with Crippen LogP contribution in [-0.2, 0) is 13.1 Å². The number of amides is 1. The molecule has 5 heteroatoms. The minimum absolute atomic E-state index is 0.391. The van der Waals surface area contributed by atoms with Crippen molar-refractivity contribution >= 4 is 5.91 Å². The first kappa shape index (κ1) is 8.91. The smallest absolute Gasteiger partial charge is 0.268 e. The molecule has 5 nitrogen and oxygen atoms in total. The van der Waals surface area contributed by atoms with E-state index in [1.54, 1.807) is 6.20 Å². The van der Waals surface area contributed by atoms with Crippen molar-refractivity contribution in [1.29, 1.82) is 0 Å². The first-order chi connectivity index (χ1) is 7.24. The highest BCUT2D eigenvalue weighted by molar-refractivity contribution is 5.90. The molecule has 2 heterocycles. The lowest BCUT2D eigenvalue weighted by atomic mass is 10.3. The molecule has 3 rings (SSSR count). The molecule has 1 aromatic heterocycles. The topological polar surface area (TPSA) is 64.2 Å². The second-order valence-corrected chi connectivity index (χ2v) is 4.30. The maximum absolute atomic E-state index is 11.0. The first-order valence-corrected chi connectivity index (χ1v) is 5.34. The highest BCUT2D eigenvalue weighted by Gasteiger charge is 2.32. The van der Waals surface area contributed by atoms with Crippen LogP contribution in [0.3, 0.4) is 0 Å². The van der Waals surface area contributed by atoms with Crippen LogP contribution >= 0.6 is 0 Å². The van der Waals surface area contributed by atoms with Crippen molar-refractivity contribution in [2.75, 3.05) is 6.54 Å². The Morgan fingerprint density at radius 2 is 2.27 bits per heavy atom. The zero-order valence-electron chi connectivity index (χ0n) is 8.52. The van der Waals surface area contributed by atoms with Crippen LogP contribution in [0.1, 0.15) is 29.2 Å². The van der Waals surface area contributed by atoms with Gasteiger partial charge in [-0.15, -0.1) is 0 Å². The van der Waals surface area contributed by atoms with Crippen molar-refractivity contribution in [2.24, 2.45) is 5.73 Å². The van der Waals surface area contributed by atoms with Crippen LogP contribution in [0.25, 0.3) is 0 Å². The van der Waals surface area contributed by atoms with Crippen molar-refractivity contribution in [3.63, 3.8) is 0 Å². The van der Waals surface area contributed by atoms with Gasteiger partial charge in [0.25, 0.3) is 5.91 Å². The van der Waals surface area contributed by atoms with E-state index in [1.807, 2.05) is 4.57 Å². The van der Waals surface area contributed by atoms with Gasteiger partial charge in [-0.1, -0.05) is 0 Å². The Hall–Kier alpha value is -1.36. The molecule has 0 unspecified atom stereocenters. The summed E-state index contributed by atoms with van der Waals surface area (Å²) in [6.07, 6.45) is 4.38. The molecule has 1 aliphatic carbocycles. The van der Waals surface area contributed by atoms with Gasteiger partial charge in [-0.2, -0.15) is 0 Å². The van der Waals surface area contributed by atoms with Crippen molar-refractivity contribution in [3.8, 4) is 0 Å². The van der Waals surface area contributed by atoms with Crippen LogP contribution in [0.2, 0.25) is 0 Å². The zero-order valence-corrected chi connectivity index (χ0v) is 8.52. The number of hydrogen-bond acceptors (Lipinski definition) is 3. The minimum atomic E-state index is -0.435. The molecule has 2 N–H and O–H groups in total. The molecule has 2 aliphatic rings. The van der Waals surface area contributed by atoms with Gasteiger partial charge < -0.3 is 10.3 Å². The average Bonchev–Trinajstić information content (AvgIpc) is 2.96. The van der Waals surface area contributed by atoms with Gasteiger partial charge in [-0.25, -0.2) is 4.98 Å². The Labute approximate surface area is 87.9 Å². The number of fused-ring (bicyclic) bond motifs is 1. The Balaban J connectivity index is 1.85. The highest BCUT2D eigenvalue weighted by Crippen LogP contribution is 2.29.